The zero-order valence-corrected chi connectivity index (χ0v) is 19.7. The van der Waals surface area contributed by atoms with Gasteiger partial charge in [0.05, 0.1) is 30.3 Å². The Hall–Kier alpha value is -3.16. The standard InChI is InChI=1S/C22H24F2N4O6S/c1-15(29)2-3-17-14-27(22(30)34-17)16-12-19(23)21(20(24)13-16)26-8-9-28(33-11-10-26)35(31,32)18-4-6-25-7-5-18/h4-7,12-13,17H,2-3,8-11,14H2,1H3/t17-/m0/s1. The number of amides is 1. The maximum absolute atomic E-state index is 15.1. The summed E-state index contributed by atoms with van der Waals surface area (Å²) in [4.78, 5) is 35.0. The van der Waals surface area contributed by atoms with Crippen molar-refractivity contribution in [1.82, 2.24) is 9.45 Å². The Kier molecular flexibility index (Phi) is 7.28. The summed E-state index contributed by atoms with van der Waals surface area (Å²) in [5.41, 5.74) is -0.353. The number of aromatic nitrogens is 1. The van der Waals surface area contributed by atoms with Crippen LogP contribution >= 0.6 is 0 Å². The number of pyridine rings is 1. The van der Waals surface area contributed by atoms with Crippen LogP contribution in [0.2, 0.25) is 0 Å². The summed E-state index contributed by atoms with van der Waals surface area (Å²) < 4.78 is 61.7. The van der Waals surface area contributed by atoms with E-state index in [2.05, 4.69) is 4.98 Å². The number of cyclic esters (lactones) is 1. The number of hydrogen-bond donors (Lipinski definition) is 0. The van der Waals surface area contributed by atoms with Gasteiger partial charge in [0, 0.05) is 44.0 Å². The number of benzene rings is 1. The molecule has 1 amide bonds. The number of Topliss-reactive ketones (excluding diaryl/α,β-unsaturated/α-hetero) is 1. The molecule has 188 valence electrons. The molecule has 10 nitrogen and oxygen atoms in total. The van der Waals surface area contributed by atoms with Crippen LogP contribution in [0.5, 0.6) is 0 Å². The summed E-state index contributed by atoms with van der Waals surface area (Å²) in [6.45, 7) is 1.22. The molecule has 2 aromatic rings. The number of halogens is 2. The van der Waals surface area contributed by atoms with E-state index in [0.717, 1.165) is 21.5 Å². The molecule has 0 aliphatic carbocycles. The van der Waals surface area contributed by atoms with E-state index in [1.165, 1.54) is 36.4 Å². The molecular weight excluding hydrogens is 486 g/mol. The molecule has 0 N–H and O–H groups in total. The minimum absolute atomic E-state index is 0.00737. The highest BCUT2D eigenvalue weighted by Gasteiger charge is 2.34. The number of hydrogen-bond acceptors (Lipinski definition) is 8. The lowest BCUT2D eigenvalue weighted by molar-refractivity contribution is -0.117. The topological polar surface area (TPSA) is 109 Å². The van der Waals surface area contributed by atoms with Crippen molar-refractivity contribution in [3.63, 3.8) is 0 Å². The van der Waals surface area contributed by atoms with Crippen LogP contribution in [-0.2, 0) is 24.4 Å². The van der Waals surface area contributed by atoms with E-state index in [1.54, 1.807) is 0 Å². The maximum Gasteiger partial charge on any atom is 0.414 e. The normalized spacial score (nSPS) is 19.5. The van der Waals surface area contributed by atoms with E-state index in [0.29, 0.717) is 6.42 Å². The Balaban J connectivity index is 1.48. The third kappa shape index (κ3) is 5.41. The monoisotopic (exact) mass is 510 g/mol. The molecule has 0 unspecified atom stereocenters. The fourth-order valence-electron chi connectivity index (χ4n) is 3.93. The zero-order chi connectivity index (χ0) is 25.2. The molecule has 2 aliphatic heterocycles. The van der Waals surface area contributed by atoms with Crippen molar-refractivity contribution in [3.8, 4) is 0 Å². The van der Waals surface area contributed by atoms with Gasteiger partial charge in [-0.25, -0.2) is 22.0 Å². The van der Waals surface area contributed by atoms with E-state index in [9.17, 15) is 18.0 Å². The lowest BCUT2D eigenvalue weighted by atomic mass is 10.1. The Bertz CT molecular complexity index is 1190. The van der Waals surface area contributed by atoms with Gasteiger partial charge in [0.1, 0.15) is 17.6 Å². The Labute approximate surface area is 201 Å². The average Bonchev–Trinajstić information content (AvgIpc) is 3.02. The van der Waals surface area contributed by atoms with E-state index in [4.69, 9.17) is 9.57 Å². The van der Waals surface area contributed by atoms with Gasteiger partial charge in [-0.2, -0.15) is 0 Å². The van der Waals surface area contributed by atoms with Gasteiger partial charge in [-0.3, -0.25) is 14.7 Å². The zero-order valence-electron chi connectivity index (χ0n) is 18.9. The van der Waals surface area contributed by atoms with Crippen LogP contribution in [0, 0.1) is 11.6 Å². The molecule has 1 atom stereocenters. The lowest BCUT2D eigenvalue weighted by Gasteiger charge is -2.24. The fraction of sp³-hybridized carbons (Fsp3) is 0.409. The van der Waals surface area contributed by atoms with Gasteiger partial charge >= 0.3 is 6.09 Å². The van der Waals surface area contributed by atoms with Crippen LogP contribution in [0.15, 0.2) is 41.6 Å². The van der Waals surface area contributed by atoms with Crippen molar-refractivity contribution in [2.24, 2.45) is 0 Å². The van der Waals surface area contributed by atoms with Gasteiger partial charge in [-0.15, -0.1) is 0 Å². The first kappa shape index (κ1) is 24.9. The number of carbonyl (C=O) groups excluding carboxylic acids is 2. The predicted molar refractivity (Wildman–Crippen MR) is 120 cm³/mol. The van der Waals surface area contributed by atoms with Crippen LogP contribution in [0.3, 0.4) is 0 Å². The molecule has 0 bridgehead atoms. The second-order valence-electron chi connectivity index (χ2n) is 8.15. The van der Waals surface area contributed by atoms with E-state index >= 15 is 8.78 Å². The summed E-state index contributed by atoms with van der Waals surface area (Å²) >= 11 is 0. The van der Waals surface area contributed by atoms with Gasteiger partial charge < -0.3 is 14.4 Å². The second-order valence-corrected chi connectivity index (χ2v) is 9.98. The summed E-state index contributed by atoms with van der Waals surface area (Å²) in [6.07, 6.45) is 1.94. The van der Waals surface area contributed by atoms with Gasteiger partial charge in [0.2, 0.25) is 0 Å². The SMILES string of the molecule is CC(=O)CC[C@H]1CN(c2cc(F)c(N3CCON(S(=O)(=O)c4ccncc4)CC3)c(F)c2)C(=O)O1. The fourth-order valence-corrected chi connectivity index (χ4v) is 5.17. The molecule has 1 aromatic carbocycles. The summed E-state index contributed by atoms with van der Waals surface area (Å²) in [6, 6.07) is 4.72. The van der Waals surface area contributed by atoms with Crippen LogP contribution < -0.4 is 9.80 Å². The van der Waals surface area contributed by atoms with Crippen molar-refractivity contribution in [1.29, 1.82) is 0 Å². The van der Waals surface area contributed by atoms with Crippen LogP contribution in [-0.4, -0.2) is 68.6 Å². The van der Waals surface area contributed by atoms with Crippen molar-refractivity contribution in [3.05, 3.63) is 48.3 Å². The van der Waals surface area contributed by atoms with Crippen molar-refractivity contribution in [2.75, 3.05) is 42.6 Å². The summed E-state index contributed by atoms with van der Waals surface area (Å²) in [5.74, 6) is -1.87. The average molecular weight is 511 g/mol. The summed E-state index contributed by atoms with van der Waals surface area (Å²) in [5, 5.41) is 0. The highest BCUT2D eigenvalue weighted by molar-refractivity contribution is 7.89. The Morgan fingerprint density at radius 2 is 1.83 bits per heavy atom. The molecule has 2 saturated heterocycles. The Morgan fingerprint density at radius 3 is 2.49 bits per heavy atom. The molecule has 4 rings (SSSR count). The van der Waals surface area contributed by atoms with Crippen molar-refractivity contribution in [2.45, 2.75) is 30.8 Å². The quantitative estimate of drug-likeness (QED) is 0.559. The third-order valence-corrected chi connectivity index (χ3v) is 7.38. The number of sulfonamides is 1. The first-order valence-corrected chi connectivity index (χ1v) is 12.4. The minimum atomic E-state index is -3.97. The lowest BCUT2D eigenvalue weighted by Crippen LogP contribution is -2.35. The predicted octanol–water partition coefficient (Wildman–Crippen LogP) is 2.50. The Morgan fingerprint density at radius 1 is 1.14 bits per heavy atom. The second kappa shape index (κ2) is 10.2. The van der Waals surface area contributed by atoms with Gasteiger partial charge in [-0.05, 0) is 25.5 Å². The number of nitrogens with zero attached hydrogens (tertiary/aromatic N) is 4. The molecule has 0 radical (unpaired) electrons. The van der Waals surface area contributed by atoms with Crippen molar-refractivity contribution >= 4 is 33.3 Å². The van der Waals surface area contributed by atoms with Gasteiger partial charge in [0.15, 0.2) is 11.6 Å². The largest absolute Gasteiger partial charge is 0.444 e. The van der Waals surface area contributed by atoms with Crippen LogP contribution in [0.1, 0.15) is 19.8 Å². The highest BCUT2D eigenvalue weighted by atomic mass is 32.2. The molecule has 0 spiro atoms. The number of carbonyl (C=O) groups is 2. The van der Waals surface area contributed by atoms with Crippen LogP contribution in [0.25, 0.3) is 0 Å². The number of ketones is 1. The summed E-state index contributed by atoms with van der Waals surface area (Å²) in [7, 11) is -3.97. The number of hydroxylamine groups is 1. The van der Waals surface area contributed by atoms with Gasteiger partial charge in [0.25, 0.3) is 10.0 Å². The highest BCUT2D eigenvalue weighted by Crippen LogP contribution is 2.32. The van der Waals surface area contributed by atoms with E-state index < -0.39 is 33.9 Å². The third-order valence-electron chi connectivity index (χ3n) is 5.69. The molecule has 35 heavy (non-hydrogen) atoms. The molecule has 2 aliphatic rings. The molecule has 2 fully saturated rings. The molecule has 1 aromatic heterocycles. The first-order chi connectivity index (χ1) is 16.7. The minimum Gasteiger partial charge on any atom is -0.444 e. The van der Waals surface area contributed by atoms with E-state index in [-0.39, 0.29) is 61.3 Å². The first-order valence-electron chi connectivity index (χ1n) is 10.9. The molecule has 0 saturated carbocycles. The van der Waals surface area contributed by atoms with Crippen molar-refractivity contribution < 1.29 is 36.4 Å². The van der Waals surface area contributed by atoms with Crippen LogP contribution in [0.4, 0.5) is 25.0 Å². The number of rotatable bonds is 7. The molecular formula is C22H24F2N4O6S. The smallest absolute Gasteiger partial charge is 0.414 e. The van der Waals surface area contributed by atoms with E-state index in [1.807, 2.05) is 0 Å². The molecule has 3 heterocycles. The van der Waals surface area contributed by atoms with Gasteiger partial charge in [-0.1, -0.05) is 4.47 Å². The number of ether oxygens (including phenoxy) is 1. The molecule has 13 heteroatoms. The maximum atomic E-state index is 15.1. The number of anilines is 2.